The molecule has 0 spiro atoms. The van der Waals surface area contributed by atoms with E-state index in [2.05, 4.69) is 55.3 Å². The minimum absolute atomic E-state index is 0.250. The van der Waals surface area contributed by atoms with Gasteiger partial charge in [-0.1, -0.05) is 30.3 Å². The number of halogens is 1. The fourth-order valence-electron chi connectivity index (χ4n) is 4.09. The van der Waals surface area contributed by atoms with Gasteiger partial charge in [-0.2, -0.15) is 5.10 Å². The average Bonchev–Trinajstić information content (AvgIpc) is 3.27. The molecule has 32 heavy (non-hydrogen) atoms. The summed E-state index contributed by atoms with van der Waals surface area (Å²) in [5.74, 6) is 0.606. The van der Waals surface area contributed by atoms with Gasteiger partial charge in [0.15, 0.2) is 5.82 Å². The summed E-state index contributed by atoms with van der Waals surface area (Å²) < 4.78 is 15.3. The highest BCUT2D eigenvalue weighted by atomic mass is 19.1. The fraction of sp³-hybridized carbons (Fsp3) is 0.240. The van der Waals surface area contributed by atoms with Crippen molar-refractivity contribution in [3.63, 3.8) is 0 Å². The first-order valence-electron chi connectivity index (χ1n) is 10.8. The van der Waals surface area contributed by atoms with Crippen LogP contribution in [0.25, 0.3) is 11.3 Å². The van der Waals surface area contributed by atoms with Gasteiger partial charge in [0.25, 0.3) is 0 Å². The van der Waals surface area contributed by atoms with Crippen LogP contribution in [0.15, 0.2) is 79.4 Å². The van der Waals surface area contributed by atoms with Crippen LogP contribution in [-0.2, 0) is 13.1 Å². The Bertz CT molecular complexity index is 1150. The van der Waals surface area contributed by atoms with Crippen molar-refractivity contribution in [1.29, 1.82) is 0 Å². The Kier molecular flexibility index (Phi) is 5.89. The lowest BCUT2D eigenvalue weighted by atomic mass is 10.1. The van der Waals surface area contributed by atoms with Crippen molar-refractivity contribution >= 4 is 5.82 Å². The smallest absolute Gasteiger partial charge is 0.155 e. The average molecular weight is 429 g/mol. The number of hydrogen-bond acceptors (Lipinski definition) is 5. The Hall–Kier alpha value is -3.58. The molecule has 0 bridgehead atoms. The predicted molar refractivity (Wildman–Crippen MR) is 123 cm³/mol. The lowest BCUT2D eigenvalue weighted by molar-refractivity contribution is 0.249. The number of anilines is 1. The molecule has 1 aliphatic rings. The van der Waals surface area contributed by atoms with Gasteiger partial charge in [0, 0.05) is 62.4 Å². The molecule has 0 unspecified atom stereocenters. The Morgan fingerprint density at radius 3 is 2.31 bits per heavy atom. The van der Waals surface area contributed by atoms with Gasteiger partial charge >= 0.3 is 0 Å². The normalized spacial score (nSPS) is 14.6. The van der Waals surface area contributed by atoms with E-state index >= 15 is 0 Å². The van der Waals surface area contributed by atoms with Crippen LogP contribution in [0.5, 0.6) is 0 Å². The largest absolute Gasteiger partial charge is 0.352 e. The molecule has 0 amide bonds. The molecule has 2 aromatic carbocycles. The molecule has 0 atom stereocenters. The second-order valence-corrected chi connectivity index (χ2v) is 8.03. The lowest BCUT2D eigenvalue weighted by Gasteiger charge is -2.35. The molecule has 0 radical (unpaired) electrons. The molecule has 162 valence electrons. The lowest BCUT2D eigenvalue weighted by Crippen LogP contribution is -2.46. The zero-order valence-electron chi connectivity index (χ0n) is 17.8. The topological polar surface area (TPSA) is 50.1 Å². The van der Waals surface area contributed by atoms with Crippen molar-refractivity contribution in [3.8, 4) is 11.3 Å². The van der Waals surface area contributed by atoms with E-state index in [0.717, 1.165) is 56.3 Å². The number of aromatic nitrogens is 4. The summed E-state index contributed by atoms with van der Waals surface area (Å²) in [7, 11) is 0. The molecule has 5 rings (SSSR count). The summed E-state index contributed by atoms with van der Waals surface area (Å²) in [6, 6.07) is 16.8. The maximum absolute atomic E-state index is 13.3. The Labute approximate surface area is 187 Å². The first kappa shape index (κ1) is 20.3. The molecule has 1 saturated heterocycles. The van der Waals surface area contributed by atoms with Gasteiger partial charge < -0.3 is 4.90 Å². The molecular weight excluding hydrogens is 403 g/mol. The highest BCUT2D eigenvalue weighted by molar-refractivity contribution is 5.72. The number of rotatable bonds is 6. The van der Waals surface area contributed by atoms with E-state index in [0.29, 0.717) is 0 Å². The predicted octanol–water partition coefficient (Wildman–Crippen LogP) is 3.85. The first-order valence-corrected chi connectivity index (χ1v) is 10.8. The molecule has 4 aromatic rings. The second-order valence-electron chi connectivity index (χ2n) is 8.03. The van der Waals surface area contributed by atoms with Gasteiger partial charge in [-0.25, -0.2) is 9.37 Å². The number of nitrogens with zero attached hydrogens (tertiary/aromatic N) is 6. The molecule has 7 heteroatoms. The molecule has 6 nitrogen and oxygen atoms in total. The molecule has 1 fully saturated rings. The summed E-state index contributed by atoms with van der Waals surface area (Å²) in [5, 5.41) is 4.53. The summed E-state index contributed by atoms with van der Waals surface area (Å²) in [6.45, 7) is 5.27. The van der Waals surface area contributed by atoms with E-state index in [-0.39, 0.29) is 5.82 Å². The molecule has 1 aliphatic heterocycles. The molecule has 0 saturated carbocycles. The summed E-state index contributed by atoms with van der Waals surface area (Å²) in [5.41, 5.74) is 4.14. The minimum Gasteiger partial charge on any atom is -0.352 e. The van der Waals surface area contributed by atoms with Crippen LogP contribution in [0, 0.1) is 5.82 Å². The summed E-state index contributed by atoms with van der Waals surface area (Å²) in [6.07, 6.45) is 7.50. The highest BCUT2D eigenvalue weighted by Gasteiger charge is 2.21. The van der Waals surface area contributed by atoms with E-state index in [1.165, 1.54) is 23.3 Å². The SMILES string of the molecule is Fc1ccc(-c2nccnc2N2CCN(Cc3cnn(Cc4ccccc4)c3)CC2)cc1. The van der Waals surface area contributed by atoms with E-state index in [1.807, 2.05) is 16.9 Å². The number of hydrogen-bond donors (Lipinski definition) is 0. The van der Waals surface area contributed by atoms with E-state index < -0.39 is 0 Å². The van der Waals surface area contributed by atoms with Gasteiger partial charge in [-0.05, 0) is 29.8 Å². The van der Waals surface area contributed by atoms with E-state index in [1.54, 1.807) is 24.5 Å². The van der Waals surface area contributed by atoms with Crippen molar-refractivity contribution in [2.45, 2.75) is 13.1 Å². The van der Waals surface area contributed by atoms with Crippen LogP contribution in [0.2, 0.25) is 0 Å². The minimum atomic E-state index is -0.250. The fourth-order valence-corrected chi connectivity index (χ4v) is 4.09. The third-order valence-electron chi connectivity index (χ3n) is 5.75. The number of piperazine rings is 1. The van der Waals surface area contributed by atoms with Crippen molar-refractivity contribution in [2.75, 3.05) is 31.1 Å². The quantitative estimate of drug-likeness (QED) is 0.467. The zero-order chi connectivity index (χ0) is 21.8. The van der Waals surface area contributed by atoms with Crippen molar-refractivity contribution < 1.29 is 4.39 Å². The monoisotopic (exact) mass is 428 g/mol. The third kappa shape index (κ3) is 4.68. The molecule has 3 heterocycles. The Balaban J connectivity index is 1.21. The van der Waals surface area contributed by atoms with E-state index in [9.17, 15) is 4.39 Å². The second kappa shape index (κ2) is 9.28. The zero-order valence-corrected chi connectivity index (χ0v) is 17.8. The summed E-state index contributed by atoms with van der Waals surface area (Å²) in [4.78, 5) is 13.8. The highest BCUT2D eigenvalue weighted by Crippen LogP contribution is 2.27. The van der Waals surface area contributed by atoms with Crippen LogP contribution >= 0.6 is 0 Å². The van der Waals surface area contributed by atoms with E-state index in [4.69, 9.17) is 0 Å². The Morgan fingerprint density at radius 2 is 1.53 bits per heavy atom. The third-order valence-corrected chi connectivity index (χ3v) is 5.75. The van der Waals surface area contributed by atoms with Crippen molar-refractivity contribution in [2.24, 2.45) is 0 Å². The van der Waals surface area contributed by atoms with Crippen LogP contribution in [0.1, 0.15) is 11.1 Å². The maximum Gasteiger partial charge on any atom is 0.155 e. The van der Waals surface area contributed by atoms with Gasteiger partial charge in [0.05, 0.1) is 12.7 Å². The molecule has 0 aliphatic carbocycles. The van der Waals surface area contributed by atoms with Crippen LogP contribution < -0.4 is 4.90 Å². The summed E-state index contributed by atoms with van der Waals surface area (Å²) >= 11 is 0. The maximum atomic E-state index is 13.3. The van der Waals surface area contributed by atoms with Gasteiger partial charge in [-0.3, -0.25) is 14.6 Å². The molecule has 0 N–H and O–H groups in total. The van der Waals surface area contributed by atoms with Crippen LogP contribution in [-0.4, -0.2) is 50.8 Å². The van der Waals surface area contributed by atoms with Crippen molar-refractivity contribution in [3.05, 3.63) is 96.3 Å². The van der Waals surface area contributed by atoms with Crippen molar-refractivity contribution in [1.82, 2.24) is 24.6 Å². The first-order chi connectivity index (χ1) is 15.7. The van der Waals surface area contributed by atoms with Gasteiger partial charge in [-0.15, -0.1) is 0 Å². The van der Waals surface area contributed by atoms with Crippen LogP contribution in [0.3, 0.4) is 0 Å². The standard InChI is InChI=1S/C25H25FN6/c26-23-8-6-22(7-9-23)24-25(28-11-10-27-24)31-14-12-30(13-15-31)17-21-16-29-32(19-21)18-20-4-2-1-3-5-20/h1-11,16,19H,12-15,17-18H2. The Morgan fingerprint density at radius 1 is 0.781 bits per heavy atom. The van der Waals surface area contributed by atoms with Gasteiger partial charge in [0.2, 0.25) is 0 Å². The van der Waals surface area contributed by atoms with Gasteiger partial charge in [0.1, 0.15) is 11.5 Å². The van der Waals surface area contributed by atoms with Crippen LogP contribution in [0.4, 0.5) is 10.2 Å². The number of benzene rings is 2. The molecular formula is C25H25FN6. The molecule has 2 aromatic heterocycles.